The van der Waals surface area contributed by atoms with Crippen LogP contribution in [0.25, 0.3) is 0 Å². The fourth-order valence-corrected chi connectivity index (χ4v) is 3.82. The van der Waals surface area contributed by atoms with E-state index in [9.17, 15) is 9.59 Å². The zero-order chi connectivity index (χ0) is 22.9. The summed E-state index contributed by atoms with van der Waals surface area (Å²) in [6.45, 7) is 9.53. The van der Waals surface area contributed by atoms with Crippen LogP contribution in [-0.4, -0.2) is 49.5 Å². The topological polar surface area (TPSA) is 61.9 Å². The third-order valence-electron chi connectivity index (χ3n) is 6.04. The molecule has 3 rings (SSSR count). The van der Waals surface area contributed by atoms with Crippen LogP contribution < -0.4 is 15.0 Å². The molecule has 1 atom stereocenters. The lowest BCUT2D eigenvalue weighted by Gasteiger charge is -2.36. The van der Waals surface area contributed by atoms with Gasteiger partial charge in [0.15, 0.2) is 6.61 Å². The van der Waals surface area contributed by atoms with Crippen LogP contribution in [0.1, 0.15) is 51.5 Å². The molecule has 0 aliphatic carbocycles. The van der Waals surface area contributed by atoms with Crippen molar-refractivity contribution in [3.8, 4) is 5.75 Å². The largest absolute Gasteiger partial charge is 0.484 e. The molecule has 1 heterocycles. The molecule has 6 nitrogen and oxygen atoms in total. The van der Waals surface area contributed by atoms with E-state index >= 15 is 0 Å². The average Bonchev–Trinajstić information content (AvgIpc) is 2.83. The number of anilines is 2. The second-order valence-electron chi connectivity index (χ2n) is 8.38. The molecule has 1 unspecified atom stereocenters. The Morgan fingerprint density at radius 1 is 0.969 bits per heavy atom. The summed E-state index contributed by atoms with van der Waals surface area (Å²) in [7, 11) is 0. The Morgan fingerprint density at radius 2 is 1.62 bits per heavy atom. The van der Waals surface area contributed by atoms with Crippen molar-refractivity contribution in [2.24, 2.45) is 0 Å². The Hall–Kier alpha value is -3.02. The number of hydrogen-bond acceptors (Lipinski definition) is 4. The molecule has 1 saturated heterocycles. The normalized spacial score (nSPS) is 14.7. The number of ether oxygens (including phenoxy) is 1. The first-order valence-electron chi connectivity index (χ1n) is 11.7. The van der Waals surface area contributed by atoms with Gasteiger partial charge in [0.05, 0.1) is 0 Å². The van der Waals surface area contributed by atoms with E-state index in [0.29, 0.717) is 18.1 Å². The Morgan fingerprint density at radius 3 is 2.22 bits per heavy atom. The summed E-state index contributed by atoms with van der Waals surface area (Å²) in [5.41, 5.74) is 3.12. The summed E-state index contributed by atoms with van der Waals surface area (Å²) in [6.07, 6.45) is 2.61. The summed E-state index contributed by atoms with van der Waals surface area (Å²) >= 11 is 0. The molecule has 0 saturated carbocycles. The van der Waals surface area contributed by atoms with E-state index in [2.05, 4.69) is 36.2 Å². The molecule has 2 amide bonds. The molecule has 0 spiro atoms. The quantitative estimate of drug-likeness (QED) is 0.619. The molecule has 172 valence electrons. The van der Waals surface area contributed by atoms with E-state index in [0.717, 1.165) is 50.4 Å². The summed E-state index contributed by atoms with van der Waals surface area (Å²) in [6, 6.07) is 15.8. The molecule has 0 aromatic heterocycles. The van der Waals surface area contributed by atoms with Crippen LogP contribution in [-0.2, 0) is 9.59 Å². The van der Waals surface area contributed by atoms with Gasteiger partial charge in [-0.05, 0) is 60.7 Å². The van der Waals surface area contributed by atoms with Gasteiger partial charge in [-0.1, -0.05) is 32.9 Å². The predicted molar refractivity (Wildman–Crippen MR) is 129 cm³/mol. The van der Waals surface area contributed by atoms with Crippen molar-refractivity contribution >= 4 is 23.2 Å². The van der Waals surface area contributed by atoms with E-state index in [1.165, 1.54) is 5.56 Å². The van der Waals surface area contributed by atoms with Crippen LogP contribution in [0.2, 0.25) is 0 Å². The van der Waals surface area contributed by atoms with Gasteiger partial charge >= 0.3 is 0 Å². The number of nitrogens with zero attached hydrogens (tertiary/aromatic N) is 2. The molecule has 1 N–H and O–H groups in total. The third-order valence-corrected chi connectivity index (χ3v) is 6.04. The number of nitrogens with one attached hydrogen (secondary N) is 1. The molecular formula is C26H35N3O3. The summed E-state index contributed by atoms with van der Waals surface area (Å²) in [5, 5.41) is 2.88. The van der Waals surface area contributed by atoms with Crippen LogP contribution in [0.5, 0.6) is 5.75 Å². The minimum atomic E-state index is -0.188. The number of rotatable bonds is 9. The minimum Gasteiger partial charge on any atom is -0.484 e. The van der Waals surface area contributed by atoms with Gasteiger partial charge in [0.25, 0.3) is 5.91 Å². The van der Waals surface area contributed by atoms with Crippen molar-refractivity contribution in [1.82, 2.24) is 4.90 Å². The van der Waals surface area contributed by atoms with Crippen LogP contribution >= 0.6 is 0 Å². The first-order valence-corrected chi connectivity index (χ1v) is 11.7. The van der Waals surface area contributed by atoms with E-state index in [4.69, 9.17) is 4.74 Å². The Bertz CT molecular complexity index is 872. The fraction of sp³-hybridized carbons (Fsp3) is 0.462. The molecular weight excluding hydrogens is 402 g/mol. The second-order valence-corrected chi connectivity index (χ2v) is 8.38. The van der Waals surface area contributed by atoms with Gasteiger partial charge in [0.1, 0.15) is 5.75 Å². The van der Waals surface area contributed by atoms with Gasteiger partial charge in [-0.25, -0.2) is 0 Å². The molecule has 2 aromatic rings. The molecule has 1 aliphatic heterocycles. The SMILES string of the molecule is CCCC(=O)N1CCN(c2ccc(NC(=O)COc3ccc(C(C)CC)cc3)cc2)CC1. The Kier molecular flexibility index (Phi) is 8.54. The molecule has 1 aliphatic rings. The summed E-state index contributed by atoms with van der Waals surface area (Å²) in [5.74, 6) is 1.27. The molecule has 0 radical (unpaired) electrons. The van der Waals surface area contributed by atoms with Crippen LogP contribution in [0.15, 0.2) is 48.5 Å². The second kappa shape index (κ2) is 11.6. The monoisotopic (exact) mass is 437 g/mol. The lowest BCUT2D eigenvalue weighted by molar-refractivity contribution is -0.131. The van der Waals surface area contributed by atoms with Gasteiger partial charge in [-0.2, -0.15) is 0 Å². The lowest BCUT2D eigenvalue weighted by Crippen LogP contribution is -2.48. The molecule has 6 heteroatoms. The van der Waals surface area contributed by atoms with Gasteiger partial charge in [-0.3, -0.25) is 9.59 Å². The number of amides is 2. The minimum absolute atomic E-state index is 0.0296. The number of piperazine rings is 1. The van der Waals surface area contributed by atoms with Crippen molar-refractivity contribution in [3.05, 3.63) is 54.1 Å². The Labute approximate surface area is 191 Å². The zero-order valence-electron chi connectivity index (χ0n) is 19.5. The molecule has 0 bridgehead atoms. The van der Waals surface area contributed by atoms with Gasteiger partial charge in [-0.15, -0.1) is 0 Å². The molecule has 2 aromatic carbocycles. The van der Waals surface area contributed by atoms with Crippen molar-refractivity contribution in [3.63, 3.8) is 0 Å². The van der Waals surface area contributed by atoms with Crippen LogP contribution in [0.3, 0.4) is 0 Å². The van der Waals surface area contributed by atoms with Crippen molar-refractivity contribution in [1.29, 1.82) is 0 Å². The first kappa shape index (κ1) is 23.6. The van der Waals surface area contributed by atoms with Crippen LogP contribution in [0.4, 0.5) is 11.4 Å². The lowest BCUT2D eigenvalue weighted by atomic mass is 9.99. The average molecular weight is 438 g/mol. The maximum atomic E-state index is 12.3. The smallest absolute Gasteiger partial charge is 0.262 e. The molecule has 32 heavy (non-hydrogen) atoms. The zero-order valence-corrected chi connectivity index (χ0v) is 19.5. The Balaban J connectivity index is 1.44. The van der Waals surface area contributed by atoms with Gasteiger partial charge in [0.2, 0.25) is 5.91 Å². The predicted octanol–water partition coefficient (Wildman–Crippen LogP) is 4.67. The van der Waals surface area contributed by atoms with Gasteiger partial charge < -0.3 is 19.9 Å². The van der Waals surface area contributed by atoms with Crippen molar-refractivity contribution < 1.29 is 14.3 Å². The van der Waals surface area contributed by atoms with Crippen molar-refractivity contribution in [2.75, 3.05) is 43.0 Å². The standard InChI is InChI=1S/C26H35N3O3/c1-4-6-26(31)29-17-15-28(16-18-29)23-11-9-22(10-12-23)27-25(30)19-32-24-13-7-21(8-14-24)20(3)5-2/h7-14,20H,4-6,15-19H2,1-3H3,(H,27,30). The van der Waals surface area contributed by atoms with E-state index in [1.807, 2.05) is 48.2 Å². The van der Waals surface area contributed by atoms with E-state index < -0.39 is 0 Å². The van der Waals surface area contributed by atoms with Gasteiger partial charge in [0, 0.05) is 44.0 Å². The summed E-state index contributed by atoms with van der Waals surface area (Å²) in [4.78, 5) is 28.5. The van der Waals surface area contributed by atoms with E-state index in [-0.39, 0.29) is 18.4 Å². The highest BCUT2D eigenvalue weighted by atomic mass is 16.5. The fourth-order valence-electron chi connectivity index (χ4n) is 3.82. The highest BCUT2D eigenvalue weighted by Crippen LogP contribution is 2.22. The number of carbonyl (C=O) groups is 2. The van der Waals surface area contributed by atoms with E-state index in [1.54, 1.807) is 0 Å². The maximum Gasteiger partial charge on any atom is 0.262 e. The highest BCUT2D eigenvalue weighted by Gasteiger charge is 2.20. The summed E-state index contributed by atoms with van der Waals surface area (Å²) < 4.78 is 5.62. The number of carbonyl (C=O) groups excluding carboxylic acids is 2. The molecule has 1 fully saturated rings. The third kappa shape index (κ3) is 6.49. The number of benzene rings is 2. The maximum absolute atomic E-state index is 12.3. The van der Waals surface area contributed by atoms with Crippen molar-refractivity contribution in [2.45, 2.75) is 46.0 Å². The highest BCUT2D eigenvalue weighted by molar-refractivity contribution is 5.92. The number of hydrogen-bond donors (Lipinski definition) is 1. The van der Waals surface area contributed by atoms with Crippen LogP contribution in [0, 0.1) is 0 Å². The first-order chi connectivity index (χ1) is 15.5.